The van der Waals surface area contributed by atoms with Gasteiger partial charge in [-0.3, -0.25) is 0 Å². The minimum atomic E-state index is -0.476. The van der Waals surface area contributed by atoms with Crippen LogP contribution in [0.15, 0.2) is 54.6 Å². The van der Waals surface area contributed by atoms with Crippen molar-refractivity contribution in [3.05, 3.63) is 60.2 Å². The molecule has 0 amide bonds. The topological polar surface area (TPSA) is 106 Å². The minimum Gasteiger partial charge on any atom is -0.496 e. The van der Waals surface area contributed by atoms with Gasteiger partial charge in [0.25, 0.3) is 0 Å². The Morgan fingerprint density at radius 1 is 1.10 bits per heavy atom. The standard InChI is InChI=1S/C22H24N4O4/c1-14(13-27)23-22-25-18(15-7-5-4-6-8-15)12-20(26-22)24-16-9-10-17(21(28)30-3)19(11-16)29-2/h4-12,14,27H,13H2,1-3H3,(H2,23,24,25,26)/t14-/m0/s1. The van der Waals surface area contributed by atoms with Gasteiger partial charge in [0.05, 0.1) is 26.5 Å². The molecule has 1 aromatic heterocycles. The maximum absolute atomic E-state index is 11.9. The highest BCUT2D eigenvalue weighted by molar-refractivity contribution is 5.93. The second-order valence-corrected chi connectivity index (χ2v) is 6.59. The normalized spacial score (nSPS) is 11.5. The number of rotatable bonds is 8. The van der Waals surface area contributed by atoms with E-state index in [2.05, 4.69) is 20.6 Å². The van der Waals surface area contributed by atoms with Gasteiger partial charge < -0.3 is 25.2 Å². The number of nitrogens with one attached hydrogen (secondary N) is 2. The van der Waals surface area contributed by atoms with Crippen LogP contribution in [0.2, 0.25) is 0 Å². The number of aliphatic hydroxyl groups excluding tert-OH is 1. The van der Waals surface area contributed by atoms with E-state index in [0.717, 1.165) is 11.3 Å². The Hall–Kier alpha value is -3.65. The SMILES string of the molecule is COC(=O)c1ccc(Nc2cc(-c3ccccc3)nc(N[C@@H](C)CO)n2)cc1OC. The summed E-state index contributed by atoms with van der Waals surface area (Å²) < 4.78 is 10.1. The van der Waals surface area contributed by atoms with Crippen LogP contribution in [-0.4, -0.2) is 47.9 Å². The molecule has 30 heavy (non-hydrogen) atoms. The van der Waals surface area contributed by atoms with Crippen LogP contribution in [0.1, 0.15) is 17.3 Å². The lowest BCUT2D eigenvalue weighted by Crippen LogP contribution is -2.21. The summed E-state index contributed by atoms with van der Waals surface area (Å²) in [5.74, 6) is 0.843. The van der Waals surface area contributed by atoms with Crippen molar-refractivity contribution >= 4 is 23.4 Å². The molecule has 0 saturated carbocycles. The highest BCUT2D eigenvalue weighted by Gasteiger charge is 2.14. The van der Waals surface area contributed by atoms with Crippen LogP contribution in [0.4, 0.5) is 17.5 Å². The molecule has 0 unspecified atom stereocenters. The lowest BCUT2D eigenvalue weighted by Gasteiger charge is -2.15. The van der Waals surface area contributed by atoms with E-state index in [-0.39, 0.29) is 12.6 Å². The first-order valence-corrected chi connectivity index (χ1v) is 9.39. The van der Waals surface area contributed by atoms with Crippen molar-refractivity contribution in [2.45, 2.75) is 13.0 Å². The average Bonchev–Trinajstić information content (AvgIpc) is 2.78. The largest absolute Gasteiger partial charge is 0.496 e. The number of nitrogens with zero attached hydrogens (tertiary/aromatic N) is 2. The Morgan fingerprint density at radius 3 is 2.53 bits per heavy atom. The summed E-state index contributed by atoms with van der Waals surface area (Å²) in [6.07, 6.45) is 0. The number of benzene rings is 2. The van der Waals surface area contributed by atoms with Crippen molar-refractivity contribution in [2.75, 3.05) is 31.5 Å². The number of methoxy groups -OCH3 is 2. The van der Waals surface area contributed by atoms with Crippen LogP contribution in [0.5, 0.6) is 5.75 Å². The second kappa shape index (κ2) is 9.71. The zero-order valence-electron chi connectivity index (χ0n) is 17.0. The van der Waals surface area contributed by atoms with Crippen molar-refractivity contribution < 1.29 is 19.4 Å². The number of aliphatic hydroxyl groups is 1. The lowest BCUT2D eigenvalue weighted by molar-refractivity contribution is 0.0597. The fraction of sp³-hybridized carbons (Fsp3) is 0.227. The molecule has 0 radical (unpaired) electrons. The summed E-state index contributed by atoms with van der Waals surface area (Å²) in [4.78, 5) is 20.9. The van der Waals surface area contributed by atoms with Gasteiger partial charge in [-0.05, 0) is 19.1 Å². The minimum absolute atomic E-state index is 0.0477. The first-order valence-electron chi connectivity index (χ1n) is 9.39. The zero-order chi connectivity index (χ0) is 21.5. The van der Waals surface area contributed by atoms with Gasteiger partial charge in [-0.1, -0.05) is 30.3 Å². The molecule has 1 heterocycles. The van der Waals surface area contributed by atoms with Gasteiger partial charge >= 0.3 is 5.97 Å². The van der Waals surface area contributed by atoms with E-state index in [1.807, 2.05) is 43.3 Å². The maximum Gasteiger partial charge on any atom is 0.341 e. The van der Waals surface area contributed by atoms with Gasteiger partial charge in [-0.25, -0.2) is 9.78 Å². The Labute approximate surface area is 174 Å². The fourth-order valence-corrected chi connectivity index (χ4v) is 2.79. The molecule has 156 valence electrons. The number of aromatic nitrogens is 2. The predicted molar refractivity (Wildman–Crippen MR) is 115 cm³/mol. The molecule has 0 aliphatic carbocycles. The lowest BCUT2D eigenvalue weighted by atomic mass is 10.1. The number of esters is 1. The van der Waals surface area contributed by atoms with Gasteiger partial charge in [0.2, 0.25) is 5.95 Å². The number of carbonyl (C=O) groups is 1. The Morgan fingerprint density at radius 2 is 1.87 bits per heavy atom. The third kappa shape index (κ3) is 5.03. The summed E-state index contributed by atoms with van der Waals surface area (Å²) in [6.45, 7) is 1.79. The monoisotopic (exact) mass is 408 g/mol. The number of ether oxygens (including phenoxy) is 2. The fourth-order valence-electron chi connectivity index (χ4n) is 2.79. The summed E-state index contributed by atoms with van der Waals surface area (Å²) in [7, 11) is 2.81. The molecule has 1 atom stereocenters. The molecule has 3 N–H and O–H groups in total. The van der Waals surface area contributed by atoms with E-state index in [9.17, 15) is 9.90 Å². The summed E-state index contributed by atoms with van der Waals surface area (Å²) in [6, 6.07) is 16.4. The van der Waals surface area contributed by atoms with E-state index in [1.54, 1.807) is 18.2 Å². The van der Waals surface area contributed by atoms with Crippen LogP contribution in [0, 0.1) is 0 Å². The third-order valence-corrected chi connectivity index (χ3v) is 4.32. The molecule has 3 rings (SSSR count). The summed E-state index contributed by atoms with van der Waals surface area (Å²) in [5, 5.41) is 15.7. The van der Waals surface area contributed by atoms with E-state index in [4.69, 9.17) is 9.47 Å². The smallest absolute Gasteiger partial charge is 0.341 e. The number of carbonyl (C=O) groups excluding carboxylic acids is 1. The molecule has 3 aromatic rings. The Balaban J connectivity index is 1.96. The van der Waals surface area contributed by atoms with Crippen LogP contribution in [0.3, 0.4) is 0 Å². The first-order chi connectivity index (χ1) is 14.5. The van der Waals surface area contributed by atoms with Gasteiger partial charge in [-0.2, -0.15) is 4.98 Å². The molecule has 0 bridgehead atoms. The van der Waals surface area contributed by atoms with Crippen molar-refractivity contribution in [3.8, 4) is 17.0 Å². The van der Waals surface area contributed by atoms with Crippen LogP contribution >= 0.6 is 0 Å². The summed E-state index contributed by atoms with van der Waals surface area (Å²) >= 11 is 0. The van der Waals surface area contributed by atoms with E-state index < -0.39 is 5.97 Å². The van der Waals surface area contributed by atoms with Gasteiger partial charge in [-0.15, -0.1) is 0 Å². The van der Waals surface area contributed by atoms with Crippen molar-refractivity contribution in [1.29, 1.82) is 0 Å². The van der Waals surface area contributed by atoms with Crippen LogP contribution in [0.25, 0.3) is 11.3 Å². The molecule has 2 aromatic carbocycles. The predicted octanol–water partition coefficient (Wildman–Crippen LogP) is 3.48. The second-order valence-electron chi connectivity index (χ2n) is 6.59. The zero-order valence-corrected chi connectivity index (χ0v) is 17.0. The molecule has 0 aliphatic heterocycles. The highest BCUT2D eigenvalue weighted by Crippen LogP contribution is 2.28. The number of hydrogen-bond donors (Lipinski definition) is 3. The van der Waals surface area contributed by atoms with Crippen molar-refractivity contribution in [3.63, 3.8) is 0 Å². The molecule has 0 fully saturated rings. The quantitative estimate of drug-likeness (QED) is 0.487. The molecular formula is C22H24N4O4. The molecular weight excluding hydrogens is 384 g/mol. The first kappa shape index (κ1) is 21.1. The van der Waals surface area contributed by atoms with E-state index >= 15 is 0 Å². The molecule has 0 aliphatic rings. The number of anilines is 3. The molecule has 0 spiro atoms. The summed E-state index contributed by atoms with van der Waals surface area (Å²) in [5.41, 5.74) is 2.66. The molecule has 8 heteroatoms. The molecule has 0 saturated heterocycles. The van der Waals surface area contributed by atoms with Gasteiger partial charge in [0, 0.05) is 29.4 Å². The highest BCUT2D eigenvalue weighted by atomic mass is 16.5. The van der Waals surface area contributed by atoms with Crippen LogP contribution in [-0.2, 0) is 4.74 Å². The maximum atomic E-state index is 11.9. The Kier molecular flexibility index (Phi) is 6.82. The average molecular weight is 408 g/mol. The van der Waals surface area contributed by atoms with Crippen LogP contribution < -0.4 is 15.4 Å². The van der Waals surface area contributed by atoms with E-state index in [1.165, 1.54) is 14.2 Å². The Bertz CT molecular complexity index is 1010. The van der Waals surface area contributed by atoms with Gasteiger partial charge in [0.15, 0.2) is 0 Å². The van der Waals surface area contributed by atoms with Crippen molar-refractivity contribution in [1.82, 2.24) is 9.97 Å². The number of hydrogen-bond acceptors (Lipinski definition) is 8. The van der Waals surface area contributed by atoms with Gasteiger partial charge in [0.1, 0.15) is 17.1 Å². The van der Waals surface area contributed by atoms with Crippen molar-refractivity contribution in [2.24, 2.45) is 0 Å². The molecule has 8 nitrogen and oxygen atoms in total. The van der Waals surface area contributed by atoms with E-state index in [0.29, 0.717) is 28.8 Å². The third-order valence-electron chi connectivity index (χ3n) is 4.32.